The molecule has 1 unspecified atom stereocenters. The molecule has 154 valence electrons. The monoisotopic (exact) mass is 400 g/mol. The lowest BCUT2D eigenvalue weighted by atomic mass is 9.99. The summed E-state index contributed by atoms with van der Waals surface area (Å²) in [4.78, 5) is 15.1. The van der Waals surface area contributed by atoms with Gasteiger partial charge in [-0.3, -0.25) is 9.69 Å². The van der Waals surface area contributed by atoms with Gasteiger partial charge in [0.25, 0.3) is 5.91 Å². The topological polar surface area (TPSA) is 41.6 Å². The average molecular weight is 401 g/mol. The fourth-order valence-corrected chi connectivity index (χ4v) is 3.96. The van der Waals surface area contributed by atoms with Gasteiger partial charge < -0.3 is 10.1 Å². The smallest absolute Gasteiger partial charge is 0.251 e. The van der Waals surface area contributed by atoms with Gasteiger partial charge in [-0.25, -0.2) is 0 Å². The van der Waals surface area contributed by atoms with Crippen LogP contribution in [0.5, 0.6) is 5.75 Å². The Bertz CT molecular complexity index is 996. The van der Waals surface area contributed by atoms with E-state index in [1.807, 2.05) is 43.3 Å². The third-order valence-electron chi connectivity index (χ3n) is 5.80. The Labute approximate surface area is 178 Å². The number of amides is 1. The molecule has 30 heavy (non-hydrogen) atoms. The van der Waals surface area contributed by atoms with Crippen LogP contribution in [0.2, 0.25) is 0 Å². The van der Waals surface area contributed by atoms with Crippen molar-refractivity contribution >= 4 is 5.91 Å². The molecule has 1 amide bonds. The minimum atomic E-state index is -0.0727. The predicted molar refractivity (Wildman–Crippen MR) is 120 cm³/mol. The number of benzene rings is 3. The maximum atomic E-state index is 12.6. The summed E-state index contributed by atoms with van der Waals surface area (Å²) in [5.41, 5.74) is 5.85. The summed E-state index contributed by atoms with van der Waals surface area (Å²) in [6.07, 6.45) is 1.10. The van der Waals surface area contributed by atoms with Crippen LogP contribution < -0.4 is 10.1 Å². The molecule has 0 fully saturated rings. The summed E-state index contributed by atoms with van der Waals surface area (Å²) >= 11 is 0. The van der Waals surface area contributed by atoms with Crippen molar-refractivity contribution in [3.63, 3.8) is 0 Å². The molecule has 1 aliphatic heterocycles. The molecule has 0 saturated heterocycles. The van der Waals surface area contributed by atoms with Crippen molar-refractivity contribution in [2.45, 2.75) is 32.5 Å². The standard InChI is InChI=1S/C26H28N2O2/c1-19(21-11-13-25(30-2)14-12-21)27-26(29)23-9-7-20(8-10-23)17-28-16-15-22-5-3-4-6-24(22)18-28/h3-14,19H,15-18H2,1-2H3,(H,27,29). The van der Waals surface area contributed by atoms with Crippen LogP contribution >= 0.6 is 0 Å². The fourth-order valence-electron chi connectivity index (χ4n) is 3.96. The van der Waals surface area contributed by atoms with Crippen molar-refractivity contribution in [1.29, 1.82) is 0 Å². The number of rotatable bonds is 6. The van der Waals surface area contributed by atoms with Crippen LogP contribution in [0, 0.1) is 0 Å². The lowest BCUT2D eigenvalue weighted by molar-refractivity contribution is 0.0940. The molecule has 0 radical (unpaired) electrons. The molecule has 0 aliphatic carbocycles. The highest BCUT2D eigenvalue weighted by Gasteiger charge is 2.16. The number of methoxy groups -OCH3 is 1. The van der Waals surface area contributed by atoms with E-state index in [1.165, 1.54) is 16.7 Å². The largest absolute Gasteiger partial charge is 0.497 e. The Balaban J connectivity index is 1.34. The zero-order chi connectivity index (χ0) is 20.9. The number of nitrogens with zero attached hydrogens (tertiary/aromatic N) is 1. The molecule has 4 nitrogen and oxygen atoms in total. The summed E-state index contributed by atoms with van der Waals surface area (Å²) in [5, 5.41) is 3.07. The van der Waals surface area contributed by atoms with Gasteiger partial charge in [0, 0.05) is 25.2 Å². The minimum Gasteiger partial charge on any atom is -0.497 e. The van der Waals surface area contributed by atoms with E-state index in [0.29, 0.717) is 5.56 Å². The van der Waals surface area contributed by atoms with Gasteiger partial charge in [0.1, 0.15) is 5.75 Å². The maximum absolute atomic E-state index is 12.6. The van der Waals surface area contributed by atoms with Crippen molar-refractivity contribution in [3.05, 3.63) is 101 Å². The zero-order valence-corrected chi connectivity index (χ0v) is 17.6. The first-order valence-corrected chi connectivity index (χ1v) is 10.5. The van der Waals surface area contributed by atoms with Gasteiger partial charge >= 0.3 is 0 Å². The number of fused-ring (bicyclic) bond motifs is 1. The number of hydrogen-bond acceptors (Lipinski definition) is 3. The highest BCUT2D eigenvalue weighted by molar-refractivity contribution is 5.94. The van der Waals surface area contributed by atoms with Crippen molar-refractivity contribution in [1.82, 2.24) is 10.2 Å². The molecule has 4 rings (SSSR count). The molecular weight excluding hydrogens is 372 g/mol. The summed E-state index contributed by atoms with van der Waals surface area (Å²) in [5.74, 6) is 0.752. The van der Waals surface area contributed by atoms with E-state index in [2.05, 4.69) is 46.6 Å². The van der Waals surface area contributed by atoms with E-state index in [9.17, 15) is 4.79 Å². The average Bonchev–Trinajstić information content (AvgIpc) is 2.79. The Hall–Kier alpha value is -3.11. The first kappa shape index (κ1) is 20.2. The molecule has 1 heterocycles. The fraction of sp³-hybridized carbons (Fsp3) is 0.269. The predicted octanol–water partition coefficient (Wildman–Crippen LogP) is 4.74. The van der Waals surface area contributed by atoms with E-state index >= 15 is 0 Å². The van der Waals surface area contributed by atoms with Crippen LogP contribution in [-0.4, -0.2) is 24.5 Å². The molecule has 0 bridgehead atoms. The lowest BCUT2D eigenvalue weighted by Crippen LogP contribution is -2.30. The highest BCUT2D eigenvalue weighted by Crippen LogP contribution is 2.21. The number of ether oxygens (including phenoxy) is 1. The summed E-state index contributed by atoms with van der Waals surface area (Å²) in [6.45, 7) is 4.94. The molecule has 1 atom stereocenters. The highest BCUT2D eigenvalue weighted by atomic mass is 16.5. The Kier molecular flexibility index (Phi) is 6.15. The molecular formula is C26H28N2O2. The Morgan fingerprint density at radius 1 is 1.00 bits per heavy atom. The second-order valence-corrected chi connectivity index (χ2v) is 7.89. The zero-order valence-electron chi connectivity index (χ0n) is 17.6. The van der Waals surface area contributed by atoms with Gasteiger partial charge in [0.15, 0.2) is 0 Å². The van der Waals surface area contributed by atoms with Crippen LogP contribution in [0.15, 0.2) is 72.8 Å². The maximum Gasteiger partial charge on any atom is 0.251 e. The second kappa shape index (κ2) is 9.14. The molecule has 0 spiro atoms. The van der Waals surface area contributed by atoms with E-state index in [-0.39, 0.29) is 11.9 Å². The van der Waals surface area contributed by atoms with Crippen molar-refractivity contribution in [3.8, 4) is 5.75 Å². The number of carbonyl (C=O) groups excluding carboxylic acids is 1. The van der Waals surface area contributed by atoms with Crippen LogP contribution in [0.4, 0.5) is 0 Å². The van der Waals surface area contributed by atoms with E-state index in [0.717, 1.165) is 37.4 Å². The van der Waals surface area contributed by atoms with Crippen LogP contribution in [-0.2, 0) is 19.5 Å². The molecule has 3 aromatic carbocycles. The summed E-state index contributed by atoms with van der Waals surface area (Å²) < 4.78 is 5.19. The summed E-state index contributed by atoms with van der Waals surface area (Å²) in [7, 11) is 1.65. The Morgan fingerprint density at radius 2 is 1.70 bits per heavy atom. The van der Waals surface area contributed by atoms with Crippen molar-refractivity contribution in [2.24, 2.45) is 0 Å². The van der Waals surface area contributed by atoms with Gasteiger partial charge in [0.05, 0.1) is 13.2 Å². The SMILES string of the molecule is COc1ccc(C(C)NC(=O)c2ccc(CN3CCc4ccccc4C3)cc2)cc1. The van der Waals surface area contributed by atoms with E-state index in [1.54, 1.807) is 7.11 Å². The second-order valence-electron chi connectivity index (χ2n) is 7.89. The molecule has 1 aliphatic rings. The lowest BCUT2D eigenvalue weighted by Gasteiger charge is -2.28. The molecule has 1 N–H and O–H groups in total. The van der Waals surface area contributed by atoms with Gasteiger partial charge in [0.2, 0.25) is 0 Å². The van der Waals surface area contributed by atoms with Gasteiger partial charge in [-0.2, -0.15) is 0 Å². The van der Waals surface area contributed by atoms with Gasteiger partial charge in [-0.1, -0.05) is 48.5 Å². The van der Waals surface area contributed by atoms with Crippen molar-refractivity contribution in [2.75, 3.05) is 13.7 Å². The Morgan fingerprint density at radius 3 is 2.40 bits per heavy atom. The van der Waals surface area contributed by atoms with Crippen molar-refractivity contribution < 1.29 is 9.53 Å². The van der Waals surface area contributed by atoms with Crippen LogP contribution in [0.3, 0.4) is 0 Å². The number of carbonyl (C=O) groups is 1. The van der Waals surface area contributed by atoms with E-state index in [4.69, 9.17) is 4.74 Å². The molecule has 0 saturated carbocycles. The number of hydrogen-bond donors (Lipinski definition) is 1. The van der Waals surface area contributed by atoms with Gasteiger partial charge in [-0.05, 0) is 59.9 Å². The molecule has 0 aromatic heterocycles. The minimum absolute atomic E-state index is 0.0585. The normalized spacial score (nSPS) is 14.6. The third-order valence-corrected chi connectivity index (χ3v) is 5.80. The van der Waals surface area contributed by atoms with Crippen LogP contribution in [0.25, 0.3) is 0 Å². The third kappa shape index (κ3) is 4.71. The molecule has 4 heteroatoms. The first-order chi connectivity index (χ1) is 14.6. The number of nitrogens with one attached hydrogen (secondary N) is 1. The first-order valence-electron chi connectivity index (χ1n) is 10.5. The summed E-state index contributed by atoms with van der Waals surface area (Å²) in [6, 6.07) is 24.3. The van der Waals surface area contributed by atoms with E-state index < -0.39 is 0 Å². The molecule has 3 aromatic rings. The van der Waals surface area contributed by atoms with Crippen LogP contribution in [0.1, 0.15) is 45.6 Å². The van der Waals surface area contributed by atoms with Gasteiger partial charge in [-0.15, -0.1) is 0 Å². The quantitative estimate of drug-likeness (QED) is 0.650.